The van der Waals surface area contributed by atoms with Crippen molar-refractivity contribution in [2.45, 2.75) is 19.3 Å². The Labute approximate surface area is 308 Å². The van der Waals surface area contributed by atoms with E-state index in [4.69, 9.17) is 9.97 Å². The highest BCUT2D eigenvalue weighted by Crippen LogP contribution is 2.48. The van der Waals surface area contributed by atoms with Crippen LogP contribution in [-0.4, -0.2) is 32.5 Å². The van der Waals surface area contributed by atoms with E-state index in [-0.39, 0.29) is 5.41 Å². The maximum absolute atomic E-state index is 5.20. The molecule has 0 saturated heterocycles. The zero-order valence-corrected chi connectivity index (χ0v) is 29.6. The summed E-state index contributed by atoms with van der Waals surface area (Å²) >= 11 is 0. The summed E-state index contributed by atoms with van der Waals surface area (Å²) in [4.78, 5) is 10.4. The van der Waals surface area contributed by atoms with Gasteiger partial charge in [-0.05, 0) is 83.9 Å². The molecule has 0 amide bonds. The zero-order chi connectivity index (χ0) is 35.4. The lowest BCUT2D eigenvalue weighted by Crippen LogP contribution is -2.26. The fourth-order valence-electron chi connectivity index (χ4n) is 9.68. The van der Waals surface area contributed by atoms with Gasteiger partial charge < -0.3 is 4.57 Å². The lowest BCUT2D eigenvalue weighted by molar-refractivity contribution is 0.630. The van der Waals surface area contributed by atoms with Gasteiger partial charge in [0.05, 0.1) is 72.2 Å². The summed E-state index contributed by atoms with van der Waals surface area (Å²) in [5.74, 6) is 1.82. The molecule has 0 bridgehead atoms. The van der Waals surface area contributed by atoms with Crippen molar-refractivity contribution in [2.75, 3.05) is 0 Å². The number of aromatic nitrogens is 7. The van der Waals surface area contributed by atoms with Crippen molar-refractivity contribution in [3.8, 4) is 17.1 Å². The molecule has 0 atom stereocenters. The van der Waals surface area contributed by atoms with E-state index in [0.717, 1.165) is 67.1 Å². The van der Waals surface area contributed by atoms with Crippen molar-refractivity contribution in [3.63, 3.8) is 0 Å². The standard InChI is InChI=1S/C47H31N7/c1-47(2)32-25-23-29(51-39-19-8-10-21-41(39)54-37-17-6-4-15-35(37)49-46(51)54)27-43(32)52-42-26-28(22-24-30(42)31-12-11-13-33(47)44(31)52)50-38-18-7-9-20-40(38)53-36-16-5-3-14-34(36)48-45(50)53/h3-27H,1-2H3. The van der Waals surface area contributed by atoms with E-state index in [1.165, 1.54) is 38.6 Å². The minimum atomic E-state index is -0.213. The number of hydrogen-bond donors (Lipinski definition) is 0. The minimum Gasteiger partial charge on any atom is -0.308 e. The first-order valence-electron chi connectivity index (χ1n) is 18.5. The Hall–Kier alpha value is -7.12. The topological polar surface area (TPSA) is 49.4 Å². The molecule has 0 fully saturated rings. The van der Waals surface area contributed by atoms with Crippen LogP contribution in [0.4, 0.5) is 0 Å². The first-order chi connectivity index (χ1) is 26.6. The van der Waals surface area contributed by atoms with Gasteiger partial charge in [-0.25, -0.2) is 9.97 Å². The highest BCUT2D eigenvalue weighted by Gasteiger charge is 2.36. The van der Waals surface area contributed by atoms with Crippen LogP contribution in [0.3, 0.4) is 0 Å². The number of fused-ring (bicyclic) bond motifs is 15. The van der Waals surface area contributed by atoms with Gasteiger partial charge in [-0.2, -0.15) is 0 Å². The lowest BCUT2D eigenvalue weighted by atomic mass is 9.74. The molecule has 0 aliphatic carbocycles. The first kappa shape index (κ1) is 28.5. The van der Waals surface area contributed by atoms with Gasteiger partial charge in [0.1, 0.15) is 0 Å². The second-order valence-electron chi connectivity index (χ2n) is 15.2. The van der Waals surface area contributed by atoms with Gasteiger partial charge >= 0.3 is 0 Å². The summed E-state index contributed by atoms with van der Waals surface area (Å²) in [6.45, 7) is 4.73. The average Bonchev–Trinajstić information content (AvgIpc) is 3.99. The van der Waals surface area contributed by atoms with E-state index in [0.29, 0.717) is 0 Å². The summed E-state index contributed by atoms with van der Waals surface area (Å²) in [7, 11) is 0. The monoisotopic (exact) mass is 693 g/mol. The van der Waals surface area contributed by atoms with E-state index in [1.807, 2.05) is 0 Å². The maximum Gasteiger partial charge on any atom is 0.220 e. The Kier molecular flexibility index (Phi) is 5.08. The number of hydrogen-bond acceptors (Lipinski definition) is 2. The van der Waals surface area contributed by atoms with Crippen molar-refractivity contribution in [1.29, 1.82) is 0 Å². The Morgan fingerprint density at radius 1 is 0.407 bits per heavy atom. The maximum atomic E-state index is 5.20. The largest absolute Gasteiger partial charge is 0.308 e. The molecule has 12 aromatic rings. The Bertz CT molecular complexity index is 3600. The molecule has 0 spiro atoms. The van der Waals surface area contributed by atoms with E-state index < -0.39 is 0 Å². The van der Waals surface area contributed by atoms with Crippen LogP contribution in [0.25, 0.3) is 94.6 Å². The molecule has 0 N–H and O–H groups in total. The van der Waals surface area contributed by atoms with E-state index in [1.54, 1.807) is 0 Å². The molecule has 13 rings (SSSR count). The third-order valence-corrected chi connectivity index (χ3v) is 12.1. The van der Waals surface area contributed by atoms with Crippen LogP contribution in [-0.2, 0) is 5.41 Å². The molecule has 254 valence electrons. The molecule has 7 heteroatoms. The molecule has 0 unspecified atom stereocenters. The van der Waals surface area contributed by atoms with Crippen LogP contribution < -0.4 is 0 Å². The Morgan fingerprint density at radius 2 is 0.944 bits per heavy atom. The van der Waals surface area contributed by atoms with Crippen molar-refractivity contribution >= 4 is 77.5 Å². The molecular formula is C47H31N7. The average molecular weight is 694 g/mol. The molecule has 1 aliphatic heterocycles. The van der Waals surface area contributed by atoms with Gasteiger partial charge in [-0.3, -0.25) is 17.9 Å². The SMILES string of the molecule is CC1(C)c2ccc(-n3c4ccccc4n4c5ccccc5nc34)cc2-n2c3cc(-n4c5ccccc5n5c6ccccc6nc45)ccc3c3cccc1c32. The summed E-state index contributed by atoms with van der Waals surface area (Å²) in [5, 5.41) is 2.50. The molecule has 5 aromatic heterocycles. The number of benzene rings is 7. The normalized spacial score (nSPS) is 13.9. The van der Waals surface area contributed by atoms with Crippen molar-refractivity contribution in [1.82, 2.24) is 32.5 Å². The van der Waals surface area contributed by atoms with Crippen LogP contribution in [0.1, 0.15) is 25.0 Å². The summed E-state index contributed by atoms with van der Waals surface area (Å²) < 4.78 is 11.7. The molecule has 54 heavy (non-hydrogen) atoms. The molecule has 7 nitrogen and oxygen atoms in total. The van der Waals surface area contributed by atoms with E-state index in [9.17, 15) is 0 Å². The summed E-state index contributed by atoms with van der Waals surface area (Å²) in [6.07, 6.45) is 0. The molecule has 0 radical (unpaired) electrons. The predicted molar refractivity (Wildman–Crippen MR) is 219 cm³/mol. The quantitative estimate of drug-likeness (QED) is 0.181. The van der Waals surface area contributed by atoms with Crippen LogP contribution in [0, 0.1) is 0 Å². The predicted octanol–water partition coefficient (Wildman–Crippen LogP) is 10.9. The highest BCUT2D eigenvalue weighted by molar-refractivity contribution is 6.12. The van der Waals surface area contributed by atoms with Crippen molar-refractivity contribution in [2.24, 2.45) is 0 Å². The minimum absolute atomic E-state index is 0.213. The second-order valence-corrected chi connectivity index (χ2v) is 15.2. The van der Waals surface area contributed by atoms with Gasteiger partial charge in [0.25, 0.3) is 0 Å². The molecule has 7 aromatic carbocycles. The van der Waals surface area contributed by atoms with Gasteiger partial charge in [-0.15, -0.1) is 0 Å². The van der Waals surface area contributed by atoms with Gasteiger partial charge in [0.2, 0.25) is 11.6 Å². The van der Waals surface area contributed by atoms with Gasteiger partial charge in [0, 0.05) is 16.2 Å². The van der Waals surface area contributed by atoms with Crippen molar-refractivity contribution < 1.29 is 0 Å². The first-order valence-corrected chi connectivity index (χ1v) is 18.5. The van der Waals surface area contributed by atoms with E-state index >= 15 is 0 Å². The highest BCUT2D eigenvalue weighted by atomic mass is 15.2. The fraction of sp³-hybridized carbons (Fsp3) is 0.0638. The molecular weight excluding hydrogens is 663 g/mol. The fourth-order valence-corrected chi connectivity index (χ4v) is 9.68. The van der Waals surface area contributed by atoms with Gasteiger partial charge in [-0.1, -0.05) is 92.7 Å². The smallest absolute Gasteiger partial charge is 0.220 e. The van der Waals surface area contributed by atoms with Crippen LogP contribution in [0.5, 0.6) is 0 Å². The van der Waals surface area contributed by atoms with Crippen LogP contribution >= 0.6 is 0 Å². The molecule has 0 saturated carbocycles. The second kappa shape index (κ2) is 9.65. The van der Waals surface area contributed by atoms with Gasteiger partial charge in [0.15, 0.2) is 0 Å². The molecule has 6 heterocycles. The number of nitrogens with zero attached hydrogens (tertiary/aromatic N) is 7. The van der Waals surface area contributed by atoms with Crippen molar-refractivity contribution in [3.05, 3.63) is 163 Å². The summed E-state index contributed by atoms with van der Waals surface area (Å²) in [6, 6.07) is 54.8. The van der Waals surface area contributed by atoms with Crippen LogP contribution in [0.15, 0.2) is 152 Å². The Morgan fingerprint density at radius 3 is 1.57 bits per heavy atom. The third kappa shape index (κ3) is 3.34. The zero-order valence-electron chi connectivity index (χ0n) is 29.6. The third-order valence-electron chi connectivity index (χ3n) is 12.1. The van der Waals surface area contributed by atoms with E-state index in [2.05, 4.69) is 188 Å². The van der Waals surface area contributed by atoms with Crippen LogP contribution in [0.2, 0.25) is 0 Å². The summed E-state index contributed by atoms with van der Waals surface area (Å²) in [5.41, 5.74) is 16.9. The number of rotatable bonds is 2. The number of para-hydroxylation sites is 9. The molecule has 1 aliphatic rings. The Balaban J connectivity index is 1.13. The lowest BCUT2D eigenvalue weighted by Gasteiger charge is -2.35. The number of imidazole rings is 4.